The lowest BCUT2D eigenvalue weighted by Crippen LogP contribution is -2.45. The molecule has 2 N–H and O–H groups in total. The fourth-order valence-corrected chi connectivity index (χ4v) is 3.85. The van der Waals surface area contributed by atoms with Crippen LogP contribution in [0.3, 0.4) is 0 Å². The minimum absolute atomic E-state index is 0. The maximum Gasteiger partial charge on any atom is 0.246 e. The van der Waals surface area contributed by atoms with Gasteiger partial charge in [0.25, 0.3) is 0 Å². The number of sulfonamides is 1. The fraction of sp³-hybridized carbons (Fsp3) is 0.500. The highest BCUT2D eigenvalue weighted by Gasteiger charge is 2.30. The Hall–Kier alpha value is -0.820. The highest BCUT2D eigenvalue weighted by Crippen LogP contribution is 2.27. The predicted molar refractivity (Wildman–Crippen MR) is 76.2 cm³/mol. The van der Waals surface area contributed by atoms with Crippen molar-refractivity contribution >= 4 is 22.4 Å². The first-order chi connectivity index (χ1) is 8.55. The van der Waals surface area contributed by atoms with E-state index in [0.29, 0.717) is 18.8 Å². The third-order valence-electron chi connectivity index (χ3n) is 3.11. The van der Waals surface area contributed by atoms with Crippen LogP contribution in [0.5, 0.6) is 5.75 Å². The molecule has 1 atom stereocenters. The first kappa shape index (κ1) is 16.2. The first-order valence-corrected chi connectivity index (χ1v) is 7.38. The van der Waals surface area contributed by atoms with Crippen molar-refractivity contribution in [3.63, 3.8) is 0 Å². The second-order valence-corrected chi connectivity index (χ2v) is 6.32. The van der Waals surface area contributed by atoms with E-state index in [0.717, 1.165) is 12.8 Å². The Morgan fingerprint density at radius 3 is 2.68 bits per heavy atom. The van der Waals surface area contributed by atoms with Gasteiger partial charge in [-0.3, -0.25) is 0 Å². The maximum absolute atomic E-state index is 12.5. The van der Waals surface area contributed by atoms with Crippen molar-refractivity contribution in [2.24, 2.45) is 5.73 Å². The summed E-state index contributed by atoms with van der Waals surface area (Å²) < 4.78 is 31.6. The van der Waals surface area contributed by atoms with Crippen LogP contribution in [0.4, 0.5) is 0 Å². The smallest absolute Gasteiger partial charge is 0.246 e. The third kappa shape index (κ3) is 3.39. The molecule has 1 saturated heterocycles. The van der Waals surface area contributed by atoms with Crippen LogP contribution in [0, 0.1) is 0 Å². The first-order valence-electron chi connectivity index (χ1n) is 5.94. The average molecular weight is 307 g/mol. The summed E-state index contributed by atoms with van der Waals surface area (Å²) in [7, 11) is -2.04. The van der Waals surface area contributed by atoms with Crippen molar-refractivity contribution in [3.05, 3.63) is 24.3 Å². The molecule has 108 valence electrons. The zero-order chi connectivity index (χ0) is 13.2. The van der Waals surface area contributed by atoms with E-state index in [4.69, 9.17) is 10.5 Å². The van der Waals surface area contributed by atoms with E-state index >= 15 is 0 Å². The second-order valence-electron chi connectivity index (χ2n) is 4.42. The molecule has 5 nitrogen and oxygen atoms in total. The standard InChI is InChI=1S/C12H18N2O3S.ClH/c1-17-11-6-2-3-7-12(11)18(15,16)14-8-4-5-10(13)9-14;/h2-3,6-7,10H,4-5,8-9,13H2,1H3;1H/t10-;/m0./s1. The normalized spacial score (nSPS) is 20.6. The lowest BCUT2D eigenvalue weighted by Gasteiger charge is -2.30. The van der Waals surface area contributed by atoms with Crippen LogP contribution in [0.15, 0.2) is 29.2 Å². The van der Waals surface area contributed by atoms with Gasteiger partial charge in [-0.25, -0.2) is 8.42 Å². The molecule has 7 heteroatoms. The summed E-state index contributed by atoms with van der Waals surface area (Å²) >= 11 is 0. The Labute approximate surface area is 120 Å². The molecule has 0 aliphatic carbocycles. The number of nitrogens with zero attached hydrogens (tertiary/aromatic N) is 1. The van der Waals surface area contributed by atoms with Crippen LogP contribution in [0.2, 0.25) is 0 Å². The molecule has 0 aromatic heterocycles. The SMILES string of the molecule is COc1ccccc1S(=O)(=O)N1CCC[C@H](N)C1.Cl. The summed E-state index contributed by atoms with van der Waals surface area (Å²) in [5, 5.41) is 0. The Morgan fingerprint density at radius 2 is 2.05 bits per heavy atom. The fourth-order valence-electron chi connectivity index (χ4n) is 2.16. The summed E-state index contributed by atoms with van der Waals surface area (Å²) in [6.07, 6.45) is 1.67. The molecule has 0 spiro atoms. The highest BCUT2D eigenvalue weighted by molar-refractivity contribution is 7.89. The largest absolute Gasteiger partial charge is 0.495 e. The number of hydrogen-bond acceptors (Lipinski definition) is 4. The highest BCUT2D eigenvalue weighted by atomic mass is 35.5. The number of halogens is 1. The maximum atomic E-state index is 12.5. The van der Waals surface area contributed by atoms with E-state index in [9.17, 15) is 8.42 Å². The number of nitrogens with two attached hydrogens (primary N) is 1. The van der Waals surface area contributed by atoms with Crippen LogP contribution in [-0.4, -0.2) is 39.0 Å². The molecule has 0 amide bonds. The number of rotatable bonds is 3. The molecule has 1 aliphatic rings. The van der Waals surface area contributed by atoms with Crippen LogP contribution in [0.25, 0.3) is 0 Å². The molecule has 2 rings (SSSR count). The molecule has 1 heterocycles. The molecular weight excluding hydrogens is 288 g/mol. The van der Waals surface area contributed by atoms with Crippen molar-refractivity contribution < 1.29 is 13.2 Å². The number of ether oxygens (including phenoxy) is 1. The van der Waals surface area contributed by atoms with Crippen LogP contribution >= 0.6 is 12.4 Å². The molecular formula is C12H19ClN2O3S. The van der Waals surface area contributed by atoms with Gasteiger partial charge in [0, 0.05) is 19.1 Å². The van der Waals surface area contributed by atoms with Crippen LogP contribution < -0.4 is 10.5 Å². The molecule has 19 heavy (non-hydrogen) atoms. The van der Waals surface area contributed by atoms with Gasteiger partial charge in [0.2, 0.25) is 10.0 Å². The van der Waals surface area contributed by atoms with E-state index in [-0.39, 0.29) is 23.3 Å². The lowest BCUT2D eigenvalue weighted by molar-refractivity contribution is 0.314. The van der Waals surface area contributed by atoms with Gasteiger partial charge in [-0.1, -0.05) is 12.1 Å². The van der Waals surface area contributed by atoms with Gasteiger partial charge in [-0.15, -0.1) is 12.4 Å². The molecule has 0 bridgehead atoms. The number of benzene rings is 1. The zero-order valence-corrected chi connectivity index (χ0v) is 12.4. The van der Waals surface area contributed by atoms with Gasteiger partial charge in [-0.2, -0.15) is 4.31 Å². The molecule has 1 aliphatic heterocycles. The molecule has 1 aromatic rings. The molecule has 1 aromatic carbocycles. The number of piperidine rings is 1. The monoisotopic (exact) mass is 306 g/mol. The molecule has 1 fully saturated rings. The minimum atomic E-state index is -3.51. The summed E-state index contributed by atoms with van der Waals surface area (Å²) in [6.45, 7) is 0.897. The number of methoxy groups -OCH3 is 1. The zero-order valence-electron chi connectivity index (χ0n) is 10.8. The lowest BCUT2D eigenvalue weighted by atomic mass is 10.1. The Kier molecular flexibility index (Phi) is 5.61. The average Bonchev–Trinajstić information content (AvgIpc) is 2.38. The van der Waals surface area contributed by atoms with Gasteiger partial charge in [0.15, 0.2) is 0 Å². The van der Waals surface area contributed by atoms with Crippen LogP contribution in [0.1, 0.15) is 12.8 Å². The van der Waals surface area contributed by atoms with E-state index in [1.807, 2.05) is 0 Å². The van der Waals surface area contributed by atoms with Gasteiger partial charge in [0.05, 0.1) is 7.11 Å². The van der Waals surface area contributed by atoms with E-state index in [2.05, 4.69) is 0 Å². The van der Waals surface area contributed by atoms with Crippen molar-refractivity contribution in [3.8, 4) is 5.75 Å². The van der Waals surface area contributed by atoms with Gasteiger partial charge in [0.1, 0.15) is 10.6 Å². The predicted octanol–water partition coefficient (Wildman–Crippen LogP) is 1.23. The van der Waals surface area contributed by atoms with Gasteiger partial charge < -0.3 is 10.5 Å². The molecule has 0 unspecified atom stereocenters. The third-order valence-corrected chi connectivity index (χ3v) is 5.01. The Morgan fingerprint density at radius 1 is 1.37 bits per heavy atom. The number of hydrogen-bond donors (Lipinski definition) is 1. The van der Waals surface area contributed by atoms with Gasteiger partial charge >= 0.3 is 0 Å². The van der Waals surface area contributed by atoms with E-state index in [1.54, 1.807) is 24.3 Å². The Balaban J connectivity index is 0.00000180. The van der Waals surface area contributed by atoms with Crippen molar-refractivity contribution in [1.29, 1.82) is 0 Å². The topological polar surface area (TPSA) is 72.6 Å². The molecule has 0 radical (unpaired) electrons. The van der Waals surface area contributed by atoms with E-state index in [1.165, 1.54) is 11.4 Å². The molecule has 0 saturated carbocycles. The van der Waals surface area contributed by atoms with Crippen molar-refractivity contribution in [2.75, 3.05) is 20.2 Å². The summed E-state index contributed by atoms with van der Waals surface area (Å²) in [6, 6.07) is 6.58. The van der Waals surface area contributed by atoms with E-state index < -0.39 is 10.0 Å². The second kappa shape index (κ2) is 6.56. The Bertz CT molecular complexity index is 521. The quantitative estimate of drug-likeness (QED) is 0.911. The van der Waals surface area contributed by atoms with Crippen LogP contribution in [-0.2, 0) is 10.0 Å². The summed E-state index contributed by atoms with van der Waals surface area (Å²) in [5.41, 5.74) is 5.83. The van der Waals surface area contributed by atoms with Crippen molar-refractivity contribution in [2.45, 2.75) is 23.8 Å². The summed E-state index contributed by atoms with van der Waals surface area (Å²) in [5.74, 6) is 0.372. The van der Waals surface area contributed by atoms with Gasteiger partial charge in [-0.05, 0) is 25.0 Å². The minimum Gasteiger partial charge on any atom is -0.495 e. The summed E-state index contributed by atoms with van der Waals surface area (Å²) in [4.78, 5) is 0.210. The van der Waals surface area contributed by atoms with Crippen molar-refractivity contribution in [1.82, 2.24) is 4.31 Å². The number of para-hydroxylation sites is 1.